The summed E-state index contributed by atoms with van der Waals surface area (Å²) in [5.41, 5.74) is 4.67. The molecule has 2 N–H and O–H groups in total. The molecule has 1 aliphatic rings. The van der Waals surface area contributed by atoms with Gasteiger partial charge in [-0.1, -0.05) is 18.2 Å². The van der Waals surface area contributed by atoms with Crippen LogP contribution in [0.1, 0.15) is 30.4 Å². The highest BCUT2D eigenvalue weighted by molar-refractivity contribution is 5.90. The van der Waals surface area contributed by atoms with Crippen LogP contribution in [0.25, 0.3) is 0 Å². The highest BCUT2D eigenvalue weighted by Crippen LogP contribution is 2.32. The molecule has 98 valence electrons. The molecule has 1 aliphatic carbocycles. The second-order valence-electron chi connectivity index (χ2n) is 4.81. The van der Waals surface area contributed by atoms with Crippen LogP contribution in [0.2, 0.25) is 0 Å². The molecule has 0 saturated heterocycles. The number of alkyl halides is 3. The van der Waals surface area contributed by atoms with E-state index in [2.05, 4.69) is 0 Å². The molecule has 0 radical (unpaired) electrons. The molecule has 2 nitrogen and oxygen atoms in total. The van der Waals surface area contributed by atoms with Gasteiger partial charge in [-0.2, -0.15) is 13.2 Å². The molecule has 0 aliphatic heterocycles. The monoisotopic (exact) mass is 257 g/mol. The summed E-state index contributed by atoms with van der Waals surface area (Å²) >= 11 is 0. The maximum atomic E-state index is 12.5. The minimum absolute atomic E-state index is 0.0274. The predicted molar refractivity (Wildman–Crippen MR) is 60.9 cm³/mol. The van der Waals surface area contributed by atoms with Crippen molar-refractivity contribution >= 4 is 5.78 Å². The van der Waals surface area contributed by atoms with E-state index in [1.807, 2.05) is 0 Å². The van der Waals surface area contributed by atoms with E-state index in [-0.39, 0.29) is 12.2 Å². The fourth-order valence-electron chi connectivity index (χ4n) is 2.06. The molecule has 2 rings (SSSR count). The Bertz CT molecular complexity index is 464. The largest absolute Gasteiger partial charge is 0.416 e. The molecule has 0 unspecified atom stereocenters. The van der Waals surface area contributed by atoms with E-state index < -0.39 is 17.3 Å². The molecule has 1 fully saturated rings. The Morgan fingerprint density at radius 3 is 2.50 bits per heavy atom. The summed E-state index contributed by atoms with van der Waals surface area (Å²) in [5.74, 6) is -0.173. The van der Waals surface area contributed by atoms with Crippen LogP contribution < -0.4 is 5.73 Å². The molecule has 0 heterocycles. The number of nitrogens with two attached hydrogens (primary N) is 1. The van der Waals surface area contributed by atoms with Gasteiger partial charge in [0, 0.05) is 6.42 Å². The number of carbonyl (C=O) groups excluding carboxylic acids is 1. The van der Waals surface area contributed by atoms with Crippen LogP contribution in [0.4, 0.5) is 13.2 Å². The number of rotatable bonds is 3. The number of ketones is 1. The lowest BCUT2D eigenvalue weighted by molar-refractivity contribution is -0.137. The van der Waals surface area contributed by atoms with Gasteiger partial charge in [0.1, 0.15) is 0 Å². The predicted octanol–water partition coefficient (Wildman–Crippen LogP) is 2.70. The SMILES string of the molecule is NC1(C(=O)Cc2cccc(C(F)(F)F)c2)CCC1. The first-order valence-electron chi connectivity index (χ1n) is 5.80. The maximum Gasteiger partial charge on any atom is 0.416 e. The summed E-state index contributed by atoms with van der Waals surface area (Å²) in [6.07, 6.45) is -2.24. The maximum absolute atomic E-state index is 12.5. The number of halogens is 3. The third-order valence-electron chi connectivity index (χ3n) is 3.42. The standard InChI is InChI=1S/C13H14F3NO/c14-13(15,16)10-4-1-3-9(7-10)8-11(18)12(17)5-2-6-12/h1,3-4,7H,2,5-6,8,17H2. The molecule has 0 atom stereocenters. The molecule has 1 aromatic carbocycles. The van der Waals surface area contributed by atoms with E-state index in [4.69, 9.17) is 5.73 Å². The van der Waals surface area contributed by atoms with Crippen LogP contribution in [0.3, 0.4) is 0 Å². The van der Waals surface area contributed by atoms with Crippen molar-refractivity contribution in [1.82, 2.24) is 0 Å². The number of hydrogen-bond donors (Lipinski definition) is 1. The zero-order valence-electron chi connectivity index (χ0n) is 9.76. The van der Waals surface area contributed by atoms with Crippen molar-refractivity contribution in [3.63, 3.8) is 0 Å². The lowest BCUT2D eigenvalue weighted by Gasteiger charge is -2.36. The van der Waals surface area contributed by atoms with Crippen molar-refractivity contribution in [2.75, 3.05) is 0 Å². The third-order valence-corrected chi connectivity index (χ3v) is 3.42. The number of benzene rings is 1. The number of hydrogen-bond acceptors (Lipinski definition) is 2. The number of carbonyl (C=O) groups is 1. The van der Waals surface area contributed by atoms with Gasteiger partial charge in [0.05, 0.1) is 11.1 Å². The Morgan fingerprint density at radius 2 is 2.00 bits per heavy atom. The summed E-state index contributed by atoms with van der Waals surface area (Å²) in [7, 11) is 0. The highest BCUT2D eigenvalue weighted by Gasteiger charge is 2.39. The van der Waals surface area contributed by atoms with Crippen molar-refractivity contribution < 1.29 is 18.0 Å². The van der Waals surface area contributed by atoms with Gasteiger partial charge >= 0.3 is 6.18 Å². The van der Waals surface area contributed by atoms with Crippen LogP contribution in [-0.4, -0.2) is 11.3 Å². The van der Waals surface area contributed by atoms with E-state index in [0.29, 0.717) is 18.4 Å². The lowest BCUT2D eigenvalue weighted by Crippen LogP contribution is -2.54. The molecule has 0 aromatic heterocycles. The molecular formula is C13H14F3NO. The quantitative estimate of drug-likeness (QED) is 0.904. The molecular weight excluding hydrogens is 243 g/mol. The summed E-state index contributed by atoms with van der Waals surface area (Å²) in [5, 5.41) is 0. The van der Waals surface area contributed by atoms with Gasteiger partial charge in [0.15, 0.2) is 5.78 Å². The van der Waals surface area contributed by atoms with Crippen molar-refractivity contribution in [3.05, 3.63) is 35.4 Å². The molecule has 0 amide bonds. The topological polar surface area (TPSA) is 43.1 Å². The summed E-state index contributed by atoms with van der Waals surface area (Å²) in [6.45, 7) is 0. The van der Waals surface area contributed by atoms with E-state index in [1.165, 1.54) is 12.1 Å². The first-order chi connectivity index (χ1) is 8.31. The smallest absolute Gasteiger partial charge is 0.319 e. The molecule has 0 bridgehead atoms. The van der Waals surface area contributed by atoms with E-state index in [9.17, 15) is 18.0 Å². The first-order valence-corrected chi connectivity index (χ1v) is 5.80. The van der Waals surface area contributed by atoms with Gasteiger partial charge in [-0.3, -0.25) is 4.79 Å². The Hall–Kier alpha value is -1.36. The zero-order valence-corrected chi connectivity index (χ0v) is 9.76. The lowest BCUT2D eigenvalue weighted by atomic mass is 9.73. The van der Waals surface area contributed by atoms with Gasteiger partial charge in [-0.15, -0.1) is 0 Å². The molecule has 1 saturated carbocycles. The Kier molecular flexibility index (Phi) is 3.19. The van der Waals surface area contributed by atoms with Crippen LogP contribution in [0.15, 0.2) is 24.3 Å². The van der Waals surface area contributed by atoms with E-state index >= 15 is 0 Å². The van der Waals surface area contributed by atoms with Crippen molar-refractivity contribution in [2.24, 2.45) is 5.73 Å². The van der Waals surface area contributed by atoms with Gasteiger partial charge < -0.3 is 5.73 Å². The molecule has 5 heteroatoms. The van der Waals surface area contributed by atoms with E-state index in [0.717, 1.165) is 18.6 Å². The zero-order chi connectivity index (χ0) is 13.4. The fraction of sp³-hybridized carbons (Fsp3) is 0.462. The average molecular weight is 257 g/mol. The Balaban J connectivity index is 2.12. The minimum atomic E-state index is -4.38. The summed E-state index contributed by atoms with van der Waals surface area (Å²) in [6, 6.07) is 4.85. The van der Waals surface area contributed by atoms with Gasteiger partial charge in [-0.25, -0.2) is 0 Å². The van der Waals surface area contributed by atoms with Crippen LogP contribution in [0.5, 0.6) is 0 Å². The minimum Gasteiger partial charge on any atom is -0.319 e. The van der Waals surface area contributed by atoms with Crippen LogP contribution in [0, 0.1) is 0 Å². The second-order valence-corrected chi connectivity index (χ2v) is 4.81. The second kappa shape index (κ2) is 4.39. The fourth-order valence-corrected chi connectivity index (χ4v) is 2.06. The van der Waals surface area contributed by atoms with Gasteiger partial charge in [0.2, 0.25) is 0 Å². The van der Waals surface area contributed by atoms with Crippen molar-refractivity contribution in [2.45, 2.75) is 37.4 Å². The van der Waals surface area contributed by atoms with Gasteiger partial charge in [-0.05, 0) is 30.9 Å². The summed E-state index contributed by atoms with van der Waals surface area (Å²) in [4.78, 5) is 11.9. The first kappa shape index (κ1) is 13.1. The Morgan fingerprint density at radius 1 is 1.33 bits per heavy atom. The normalized spacial score (nSPS) is 18.2. The van der Waals surface area contributed by atoms with Crippen LogP contribution in [-0.2, 0) is 17.4 Å². The van der Waals surface area contributed by atoms with Gasteiger partial charge in [0.25, 0.3) is 0 Å². The Labute approximate surface area is 103 Å². The van der Waals surface area contributed by atoms with Crippen molar-refractivity contribution in [1.29, 1.82) is 0 Å². The molecule has 1 aromatic rings. The summed E-state index contributed by atoms with van der Waals surface area (Å²) < 4.78 is 37.5. The van der Waals surface area contributed by atoms with Crippen molar-refractivity contribution in [3.8, 4) is 0 Å². The van der Waals surface area contributed by atoms with E-state index in [1.54, 1.807) is 0 Å². The van der Waals surface area contributed by atoms with Crippen LogP contribution >= 0.6 is 0 Å². The third kappa shape index (κ3) is 2.56. The number of Topliss-reactive ketones (excluding diaryl/α,β-unsaturated/α-hetero) is 1. The highest BCUT2D eigenvalue weighted by atomic mass is 19.4. The molecule has 0 spiro atoms. The average Bonchev–Trinajstić information content (AvgIpc) is 2.25. The molecule has 18 heavy (non-hydrogen) atoms.